The highest BCUT2D eigenvalue weighted by atomic mass is 16.5. The van der Waals surface area contributed by atoms with Crippen LogP contribution >= 0.6 is 0 Å². The topological polar surface area (TPSA) is 71.8 Å². The predicted octanol–water partition coefficient (Wildman–Crippen LogP) is 3.27. The number of ether oxygens (including phenoxy) is 1. The van der Waals surface area contributed by atoms with Gasteiger partial charge in [0.05, 0.1) is 12.2 Å². The van der Waals surface area contributed by atoms with E-state index in [1.807, 2.05) is 19.9 Å². The normalized spacial score (nSPS) is 19.2. The fourth-order valence-electron chi connectivity index (χ4n) is 4.30. The number of carboxylic acids is 1. The van der Waals surface area contributed by atoms with Crippen molar-refractivity contribution >= 4 is 11.9 Å². The number of aromatic nitrogens is 1. The van der Waals surface area contributed by atoms with E-state index < -0.39 is 11.4 Å². The van der Waals surface area contributed by atoms with Crippen LogP contribution in [0.2, 0.25) is 0 Å². The molecule has 1 aromatic carbocycles. The third kappa shape index (κ3) is 3.44. The molecule has 1 fully saturated rings. The summed E-state index contributed by atoms with van der Waals surface area (Å²) in [7, 11) is 1.49. The molecule has 0 spiro atoms. The number of carbonyl (C=O) groups excluding carboxylic acids is 1. The summed E-state index contributed by atoms with van der Waals surface area (Å²) in [4.78, 5) is 26.6. The molecule has 1 aliphatic heterocycles. The SMILES string of the molecule is COCC1(C(=O)O)CCN(C(=O)c2cc(C)n(-c3cc(C)cc(C)c3)c2C)C1. The molecule has 6 heteroatoms. The van der Waals surface area contributed by atoms with Gasteiger partial charge in [0.25, 0.3) is 5.91 Å². The van der Waals surface area contributed by atoms with E-state index >= 15 is 0 Å². The molecule has 1 amide bonds. The highest BCUT2D eigenvalue weighted by molar-refractivity contribution is 5.96. The molecule has 2 heterocycles. The third-order valence-corrected chi connectivity index (χ3v) is 5.64. The van der Waals surface area contributed by atoms with Crippen LogP contribution in [0, 0.1) is 33.1 Å². The number of methoxy groups -OCH3 is 1. The van der Waals surface area contributed by atoms with Crippen molar-refractivity contribution in [3.05, 3.63) is 52.3 Å². The Bertz CT molecular complexity index is 911. The van der Waals surface area contributed by atoms with Crippen LogP contribution in [-0.4, -0.2) is 53.3 Å². The van der Waals surface area contributed by atoms with E-state index in [0.717, 1.165) is 17.1 Å². The fraction of sp³-hybridized carbons (Fsp3) is 0.455. The standard InChI is InChI=1S/C22H28N2O4/c1-14-8-15(2)10-18(9-14)24-16(3)11-19(17(24)4)20(25)23-7-6-22(12-23,13-28-5)21(26)27/h8-11H,6-7,12-13H2,1-5H3,(H,26,27). The Morgan fingerprint density at radius 3 is 2.32 bits per heavy atom. The summed E-state index contributed by atoms with van der Waals surface area (Å²) in [5.74, 6) is -1.03. The van der Waals surface area contributed by atoms with Gasteiger partial charge in [-0.3, -0.25) is 9.59 Å². The van der Waals surface area contributed by atoms with Crippen molar-refractivity contribution in [1.29, 1.82) is 0 Å². The maximum Gasteiger partial charge on any atom is 0.313 e. The Kier molecular flexibility index (Phi) is 5.35. The molecule has 0 bridgehead atoms. The highest BCUT2D eigenvalue weighted by Crippen LogP contribution is 2.33. The molecule has 0 radical (unpaired) electrons. The molecule has 3 rings (SSSR count). The van der Waals surface area contributed by atoms with Gasteiger partial charge in [-0.1, -0.05) is 6.07 Å². The van der Waals surface area contributed by atoms with Crippen molar-refractivity contribution in [2.75, 3.05) is 26.8 Å². The molecule has 1 saturated heterocycles. The zero-order valence-corrected chi connectivity index (χ0v) is 17.2. The number of aliphatic carboxylic acids is 1. The second-order valence-corrected chi connectivity index (χ2v) is 7.96. The summed E-state index contributed by atoms with van der Waals surface area (Å²) >= 11 is 0. The molecular weight excluding hydrogens is 356 g/mol. The molecule has 1 atom stereocenters. The lowest BCUT2D eigenvalue weighted by Crippen LogP contribution is -2.40. The fourth-order valence-corrected chi connectivity index (χ4v) is 4.30. The second-order valence-electron chi connectivity index (χ2n) is 7.96. The average molecular weight is 384 g/mol. The van der Waals surface area contributed by atoms with E-state index in [1.54, 1.807) is 4.90 Å². The van der Waals surface area contributed by atoms with Crippen LogP contribution in [-0.2, 0) is 9.53 Å². The van der Waals surface area contributed by atoms with Crippen LogP contribution in [0.15, 0.2) is 24.3 Å². The molecule has 1 N–H and O–H groups in total. The minimum Gasteiger partial charge on any atom is -0.481 e. The first-order valence-electron chi connectivity index (χ1n) is 9.48. The van der Waals surface area contributed by atoms with Gasteiger partial charge in [-0.2, -0.15) is 0 Å². The smallest absolute Gasteiger partial charge is 0.313 e. The number of rotatable bonds is 5. The van der Waals surface area contributed by atoms with E-state index in [2.05, 4.69) is 36.6 Å². The van der Waals surface area contributed by atoms with Crippen LogP contribution in [0.5, 0.6) is 0 Å². The van der Waals surface area contributed by atoms with E-state index in [9.17, 15) is 14.7 Å². The van der Waals surface area contributed by atoms with E-state index in [4.69, 9.17) is 4.74 Å². The zero-order chi connectivity index (χ0) is 20.6. The van der Waals surface area contributed by atoms with Crippen molar-refractivity contribution in [1.82, 2.24) is 9.47 Å². The maximum atomic E-state index is 13.2. The van der Waals surface area contributed by atoms with Crippen molar-refractivity contribution in [2.45, 2.75) is 34.1 Å². The summed E-state index contributed by atoms with van der Waals surface area (Å²) in [6.07, 6.45) is 0.401. The largest absolute Gasteiger partial charge is 0.481 e. The first kappa shape index (κ1) is 20.1. The minimum atomic E-state index is -1.02. The van der Waals surface area contributed by atoms with Crippen LogP contribution in [0.3, 0.4) is 0 Å². The summed E-state index contributed by atoms with van der Waals surface area (Å²) in [5, 5.41) is 9.65. The molecule has 1 aromatic heterocycles. The first-order chi connectivity index (χ1) is 13.2. The summed E-state index contributed by atoms with van der Waals surface area (Å²) < 4.78 is 7.21. The lowest BCUT2D eigenvalue weighted by atomic mass is 9.88. The van der Waals surface area contributed by atoms with Crippen molar-refractivity contribution in [2.24, 2.45) is 5.41 Å². The van der Waals surface area contributed by atoms with Crippen LogP contribution in [0.4, 0.5) is 0 Å². The lowest BCUT2D eigenvalue weighted by molar-refractivity contribution is -0.151. The Morgan fingerprint density at radius 1 is 1.11 bits per heavy atom. The van der Waals surface area contributed by atoms with Gasteiger partial charge in [0.2, 0.25) is 0 Å². The summed E-state index contributed by atoms with van der Waals surface area (Å²) in [6, 6.07) is 8.22. The van der Waals surface area contributed by atoms with Gasteiger partial charge < -0.3 is 19.3 Å². The molecular formula is C22H28N2O4. The Hall–Kier alpha value is -2.60. The maximum absolute atomic E-state index is 13.2. The Morgan fingerprint density at radius 2 is 1.75 bits per heavy atom. The van der Waals surface area contributed by atoms with Gasteiger partial charge in [0.15, 0.2) is 0 Å². The number of carbonyl (C=O) groups is 2. The Labute approximate surface area is 165 Å². The zero-order valence-electron chi connectivity index (χ0n) is 17.2. The minimum absolute atomic E-state index is 0.105. The quantitative estimate of drug-likeness (QED) is 0.859. The van der Waals surface area contributed by atoms with E-state index in [1.165, 1.54) is 18.2 Å². The predicted molar refractivity (Wildman–Crippen MR) is 107 cm³/mol. The molecule has 6 nitrogen and oxygen atoms in total. The number of hydrogen-bond donors (Lipinski definition) is 1. The first-order valence-corrected chi connectivity index (χ1v) is 9.48. The Balaban J connectivity index is 1.93. The highest BCUT2D eigenvalue weighted by Gasteiger charge is 2.46. The third-order valence-electron chi connectivity index (χ3n) is 5.64. The average Bonchev–Trinajstić information content (AvgIpc) is 3.16. The van der Waals surface area contributed by atoms with Gasteiger partial charge >= 0.3 is 5.97 Å². The van der Waals surface area contributed by atoms with Crippen molar-refractivity contribution < 1.29 is 19.4 Å². The molecule has 2 aromatic rings. The number of nitrogens with zero attached hydrogens (tertiary/aromatic N) is 2. The number of amides is 1. The van der Waals surface area contributed by atoms with Crippen LogP contribution in [0.1, 0.15) is 39.3 Å². The van der Waals surface area contributed by atoms with Gasteiger partial charge in [0, 0.05) is 37.3 Å². The monoisotopic (exact) mass is 384 g/mol. The van der Waals surface area contributed by atoms with Crippen LogP contribution < -0.4 is 0 Å². The van der Waals surface area contributed by atoms with E-state index in [-0.39, 0.29) is 19.1 Å². The number of hydrogen-bond acceptors (Lipinski definition) is 3. The number of aryl methyl sites for hydroxylation is 3. The lowest BCUT2D eigenvalue weighted by Gasteiger charge is -2.23. The summed E-state index contributed by atoms with van der Waals surface area (Å²) in [5.41, 5.74) is 4.81. The molecule has 0 saturated carbocycles. The molecule has 1 unspecified atom stereocenters. The molecule has 1 aliphatic rings. The van der Waals surface area contributed by atoms with Gasteiger partial charge in [-0.15, -0.1) is 0 Å². The summed E-state index contributed by atoms with van der Waals surface area (Å²) in [6.45, 7) is 8.73. The number of likely N-dealkylation sites (tertiary alicyclic amines) is 1. The molecule has 150 valence electrons. The number of carboxylic acid groups (broad SMARTS) is 1. The van der Waals surface area contributed by atoms with Gasteiger partial charge in [-0.05, 0) is 63.4 Å². The molecule has 0 aliphatic carbocycles. The molecule has 28 heavy (non-hydrogen) atoms. The number of benzene rings is 1. The van der Waals surface area contributed by atoms with E-state index in [0.29, 0.717) is 18.5 Å². The van der Waals surface area contributed by atoms with Crippen molar-refractivity contribution in [3.63, 3.8) is 0 Å². The van der Waals surface area contributed by atoms with Crippen LogP contribution in [0.25, 0.3) is 5.69 Å². The van der Waals surface area contributed by atoms with Crippen molar-refractivity contribution in [3.8, 4) is 5.69 Å². The van der Waals surface area contributed by atoms with Gasteiger partial charge in [-0.25, -0.2) is 0 Å². The second kappa shape index (κ2) is 7.43. The van der Waals surface area contributed by atoms with Gasteiger partial charge in [0.1, 0.15) is 5.41 Å².